The first-order chi connectivity index (χ1) is 10.4. The third-order valence-corrected chi connectivity index (χ3v) is 3.61. The van der Waals surface area contributed by atoms with E-state index in [4.69, 9.17) is 4.74 Å². The molecule has 2 amide bonds. The van der Waals surface area contributed by atoms with E-state index in [1.54, 1.807) is 18.9 Å². The number of nitrogens with one attached hydrogen (secondary N) is 1. The van der Waals surface area contributed by atoms with Gasteiger partial charge in [-0.3, -0.25) is 9.48 Å². The molecule has 22 heavy (non-hydrogen) atoms. The lowest BCUT2D eigenvalue weighted by Crippen LogP contribution is -2.39. The molecule has 7 heteroatoms. The summed E-state index contributed by atoms with van der Waals surface area (Å²) >= 11 is 0. The largest absolute Gasteiger partial charge is 0.466 e. The van der Waals surface area contributed by atoms with Gasteiger partial charge in [-0.1, -0.05) is 0 Å². The molecule has 124 valence electrons. The van der Waals surface area contributed by atoms with Crippen molar-refractivity contribution in [2.24, 2.45) is 7.05 Å². The molecule has 1 aromatic rings. The topological polar surface area (TPSA) is 76.5 Å². The van der Waals surface area contributed by atoms with Crippen LogP contribution in [0.5, 0.6) is 0 Å². The molecule has 0 aliphatic rings. The van der Waals surface area contributed by atoms with Crippen LogP contribution in [0.4, 0.5) is 4.79 Å². The van der Waals surface area contributed by atoms with Gasteiger partial charge in [-0.2, -0.15) is 5.10 Å². The lowest BCUT2D eigenvalue weighted by Gasteiger charge is -2.18. The number of carbonyl (C=O) groups is 2. The normalized spacial score (nSPS) is 10.4. The van der Waals surface area contributed by atoms with Crippen molar-refractivity contribution < 1.29 is 14.3 Å². The van der Waals surface area contributed by atoms with E-state index in [0.29, 0.717) is 13.2 Å². The zero-order chi connectivity index (χ0) is 16.7. The summed E-state index contributed by atoms with van der Waals surface area (Å²) in [5.74, 6) is -0.299. The van der Waals surface area contributed by atoms with Crippen LogP contribution in [0.1, 0.15) is 30.3 Å². The molecule has 0 atom stereocenters. The number of likely N-dealkylation sites (N-methyl/N-ethyl adjacent to an activating group) is 1. The van der Waals surface area contributed by atoms with Gasteiger partial charge in [-0.25, -0.2) is 4.79 Å². The second kappa shape index (κ2) is 8.41. The molecule has 0 spiro atoms. The molecular weight excluding hydrogens is 284 g/mol. The summed E-state index contributed by atoms with van der Waals surface area (Å²) in [6, 6.07) is -0.191. The van der Waals surface area contributed by atoms with E-state index >= 15 is 0 Å². The minimum atomic E-state index is -0.299. The second-order valence-corrected chi connectivity index (χ2v) is 5.23. The van der Waals surface area contributed by atoms with Gasteiger partial charge in [0.25, 0.3) is 0 Å². The molecule has 0 saturated carbocycles. The Morgan fingerprint density at radius 3 is 2.59 bits per heavy atom. The van der Waals surface area contributed by atoms with E-state index in [0.717, 1.165) is 17.8 Å². The van der Waals surface area contributed by atoms with Crippen LogP contribution in [0.25, 0.3) is 0 Å². The lowest BCUT2D eigenvalue weighted by molar-refractivity contribution is -0.142. The van der Waals surface area contributed by atoms with Crippen LogP contribution in [0.2, 0.25) is 0 Å². The Hall–Kier alpha value is -2.05. The summed E-state index contributed by atoms with van der Waals surface area (Å²) in [5, 5.41) is 7.07. The predicted molar refractivity (Wildman–Crippen MR) is 83.7 cm³/mol. The molecule has 1 N–H and O–H groups in total. The van der Waals surface area contributed by atoms with Crippen LogP contribution < -0.4 is 5.32 Å². The standard InChI is InChI=1S/C15H26N4O3/c1-6-22-14(20)7-9-16-15(21)18(4)10-8-13-11(2)17-19(5)12(13)3/h6-10H2,1-5H3,(H,16,21). The van der Waals surface area contributed by atoms with Crippen molar-refractivity contribution in [2.75, 3.05) is 26.7 Å². The number of ether oxygens (including phenoxy) is 1. The molecule has 0 aliphatic carbocycles. The molecular formula is C15H26N4O3. The Kier molecular flexibility index (Phi) is 6.88. The third-order valence-electron chi connectivity index (χ3n) is 3.61. The average Bonchev–Trinajstić information content (AvgIpc) is 2.70. The Morgan fingerprint density at radius 2 is 2.05 bits per heavy atom. The summed E-state index contributed by atoms with van der Waals surface area (Å²) in [5.41, 5.74) is 3.29. The van der Waals surface area contributed by atoms with E-state index in [9.17, 15) is 9.59 Å². The van der Waals surface area contributed by atoms with Crippen molar-refractivity contribution in [3.8, 4) is 0 Å². The van der Waals surface area contributed by atoms with Gasteiger partial charge < -0.3 is 15.0 Å². The van der Waals surface area contributed by atoms with Gasteiger partial charge in [-0.15, -0.1) is 0 Å². The molecule has 0 saturated heterocycles. The first-order valence-electron chi connectivity index (χ1n) is 7.50. The number of urea groups is 1. The maximum Gasteiger partial charge on any atom is 0.317 e. The molecule has 0 radical (unpaired) electrons. The Balaban J connectivity index is 2.37. The van der Waals surface area contributed by atoms with Gasteiger partial charge in [0.1, 0.15) is 0 Å². The van der Waals surface area contributed by atoms with Gasteiger partial charge in [0.2, 0.25) is 0 Å². The monoisotopic (exact) mass is 310 g/mol. The Labute approximate surface area is 131 Å². The van der Waals surface area contributed by atoms with Crippen LogP contribution in [-0.4, -0.2) is 53.4 Å². The van der Waals surface area contributed by atoms with Crippen LogP contribution in [0.3, 0.4) is 0 Å². The number of hydrogen-bond donors (Lipinski definition) is 1. The maximum atomic E-state index is 11.9. The van der Waals surface area contributed by atoms with Crippen molar-refractivity contribution in [3.63, 3.8) is 0 Å². The highest BCUT2D eigenvalue weighted by atomic mass is 16.5. The fourth-order valence-corrected chi connectivity index (χ4v) is 2.20. The zero-order valence-electron chi connectivity index (χ0n) is 14.1. The summed E-state index contributed by atoms with van der Waals surface area (Å²) in [7, 11) is 3.65. The highest BCUT2D eigenvalue weighted by molar-refractivity contribution is 5.75. The molecule has 0 bridgehead atoms. The van der Waals surface area contributed by atoms with Gasteiger partial charge in [0.05, 0.1) is 18.7 Å². The van der Waals surface area contributed by atoms with Gasteiger partial charge >= 0.3 is 12.0 Å². The van der Waals surface area contributed by atoms with Crippen LogP contribution in [0.15, 0.2) is 0 Å². The summed E-state index contributed by atoms with van der Waals surface area (Å²) in [6.07, 6.45) is 0.946. The molecule has 7 nitrogen and oxygen atoms in total. The number of carbonyl (C=O) groups excluding carboxylic acids is 2. The second-order valence-electron chi connectivity index (χ2n) is 5.23. The number of amides is 2. The van der Waals surface area contributed by atoms with Crippen molar-refractivity contribution in [3.05, 3.63) is 17.0 Å². The molecule has 0 fully saturated rings. The van der Waals surface area contributed by atoms with Gasteiger partial charge in [0, 0.05) is 32.9 Å². The number of nitrogens with zero attached hydrogens (tertiary/aromatic N) is 3. The van der Waals surface area contributed by atoms with Crippen molar-refractivity contribution >= 4 is 12.0 Å². The lowest BCUT2D eigenvalue weighted by atomic mass is 10.1. The predicted octanol–water partition coefficient (Wildman–Crippen LogP) is 1.17. The van der Waals surface area contributed by atoms with Crippen molar-refractivity contribution in [1.29, 1.82) is 0 Å². The van der Waals surface area contributed by atoms with Gasteiger partial charge in [-0.05, 0) is 32.8 Å². The minimum absolute atomic E-state index is 0.189. The molecule has 1 heterocycles. The van der Waals surface area contributed by atoms with E-state index in [1.165, 1.54) is 5.56 Å². The molecule has 0 aliphatic heterocycles. The molecule has 0 unspecified atom stereocenters. The van der Waals surface area contributed by atoms with E-state index in [2.05, 4.69) is 10.4 Å². The first-order valence-corrected chi connectivity index (χ1v) is 7.50. The fraction of sp³-hybridized carbons (Fsp3) is 0.667. The number of hydrogen-bond acceptors (Lipinski definition) is 4. The van der Waals surface area contributed by atoms with E-state index < -0.39 is 0 Å². The van der Waals surface area contributed by atoms with Crippen LogP contribution in [-0.2, 0) is 23.0 Å². The van der Waals surface area contributed by atoms with E-state index in [1.807, 2.05) is 25.6 Å². The smallest absolute Gasteiger partial charge is 0.317 e. The number of aryl methyl sites for hydroxylation is 2. The van der Waals surface area contributed by atoms with Crippen molar-refractivity contribution in [1.82, 2.24) is 20.0 Å². The van der Waals surface area contributed by atoms with Gasteiger partial charge in [0.15, 0.2) is 0 Å². The zero-order valence-corrected chi connectivity index (χ0v) is 14.1. The molecule has 1 rings (SSSR count). The molecule has 0 aromatic carbocycles. The summed E-state index contributed by atoms with van der Waals surface area (Å²) in [6.45, 7) is 6.99. The first kappa shape index (κ1) is 18.0. The fourth-order valence-electron chi connectivity index (χ4n) is 2.20. The maximum absolute atomic E-state index is 11.9. The third kappa shape index (κ3) is 5.05. The highest BCUT2D eigenvalue weighted by Gasteiger charge is 2.13. The average molecular weight is 310 g/mol. The van der Waals surface area contributed by atoms with E-state index in [-0.39, 0.29) is 25.0 Å². The molecule has 1 aromatic heterocycles. The van der Waals surface area contributed by atoms with Crippen LogP contribution in [0, 0.1) is 13.8 Å². The minimum Gasteiger partial charge on any atom is -0.466 e. The quantitative estimate of drug-likeness (QED) is 0.767. The number of esters is 1. The highest BCUT2D eigenvalue weighted by Crippen LogP contribution is 2.12. The summed E-state index contributed by atoms with van der Waals surface area (Å²) in [4.78, 5) is 24.7. The Bertz CT molecular complexity index is 525. The van der Waals surface area contributed by atoms with Crippen molar-refractivity contribution in [2.45, 2.75) is 33.6 Å². The number of aromatic nitrogens is 2. The Morgan fingerprint density at radius 1 is 1.36 bits per heavy atom. The van der Waals surface area contributed by atoms with Crippen LogP contribution >= 0.6 is 0 Å². The SMILES string of the molecule is CCOC(=O)CCNC(=O)N(C)CCc1c(C)nn(C)c1C. The number of rotatable bonds is 7. The summed E-state index contributed by atoms with van der Waals surface area (Å²) < 4.78 is 6.66.